The maximum Gasteiger partial charge on any atom is 0.319 e. The second kappa shape index (κ2) is 5.39. The molecule has 0 saturated heterocycles. The zero-order chi connectivity index (χ0) is 11.3. The summed E-state index contributed by atoms with van der Waals surface area (Å²) in [5.74, 6) is 0. The summed E-state index contributed by atoms with van der Waals surface area (Å²) >= 11 is 0. The van der Waals surface area contributed by atoms with E-state index in [4.69, 9.17) is 0 Å². The summed E-state index contributed by atoms with van der Waals surface area (Å²) in [4.78, 5) is 11.4. The van der Waals surface area contributed by atoms with E-state index in [9.17, 15) is 4.79 Å². The second-order valence-electron chi connectivity index (χ2n) is 3.77. The standard InChI is InChI=1S/C12H18N2O/c1-4-10(3)13-12(15)14-11-7-5-9(2)6-8-11/h5-8,10H,4H2,1-3H3,(H2,13,14,15)/t10-/m0/s1. The first-order valence-electron chi connectivity index (χ1n) is 5.26. The molecule has 0 aromatic heterocycles. The van der Waals surface area contributed by atoms with E-state index in [1.165, 1.54) is 5.56 Å². The smallest absolute Gasteiger partial charge is 0.319 e. The van der Waals surface area contributed by atoms with Gasteiger partial charge in [-0.1, -0.05) is 24.6 Å². The van der Waals surface area contributed by atoms with Crippen LogP contribution >= 0.6 is 0 Å². The summed E-state index contributed by atoms with van der Waals surface area (Å²) in [6.07, 6.45) is 0.932. The number of hydrogen-bond donors (Lipinski definition) is 2. The van der Waals surface area contributed by atoms with E-state index in [2.05, 4.69) is 10.6 Å². The van der Waals surface area contributed by atoms with E-state index < -0.39 is 0 Å². The molecule has 1 aromatic rings. The van der Waals surface area contributed by atoms with Gasteiger partial charge >= 0.3 is 6.03 Å². The first kappa shape index (κ1) is 11.6. The minimum absolute atomic E-state index is 0.145. The van der Waals surface area contributed by atoms with Gasteiger partial charge in [0.25, 0.3) is 0 Å². The molecule has 82 valence electrons. The Hall–Kier alpha value is -1.51. The number of urea groups is 1. The molecule has 0 radical (unpaired) electrons. The third kappa shape index (κ3) is 4.02. The van der Waals surface area contributed by atoms with Gasteiger partial charge in [-0.15, -0.1) is 0 Å². The summed E-state index contributed by atoms with van der Waals surface area (Å²) < 4.78 is 0. The van der Waals surface area contributed by atoms with Crippen molar-refractivity contribution in [3.63, 3.8) is 0 Å². The Morgan fingerprint density at radius 3 is 2.47 bits per heavy atom. The highest BCUT2D eigenvalue weighted by Crippen LogP contribution is 2.08. The molecule has 0 aliphatic rings. The van der Waals surface area contributed by atoms with Gasteiger partial charge in [0.05, 0.1) is 0 Å². The largest absolute Gasteiger partial charge is 0.335 e. The lowest BCUT2D eigenvalue weighted by Crippen LogP contribution is -2.35. The highest BCUT2D eigenvalue weighted by Gasteiger charge is 2.04. The maximum absolute atomic E-state index is 11.4. The molecule has 0 bridgehead atoms. The van der Waals surface area contributed by atoms with Crippen LogP contribution in [0.5, 0.6) is 0 Å². The van der Waals surface area contributed by atoms with Gasteiger partial charge in [-0.2, -0.15) is 0 Å². The van der Waals surface area contributed by atoms with Crippen molar-refractivity contribution in [2.24, 2.45) is 0 Å². The number of nitrogens with one attached hydrogen (secondary N) is 2. The SMILES string of the molecule is CC[C@H](C)NC(=O)Nc1ccc(C)cc1. The Morgan fingerprint density at radius 1 is 1.33 bits per heavy atom. The summed E-state index contributed by atoms with van der Waals surface area (Å²) in [7, 11) is 0. The fourth-order valence-electron chi connectivity index (χ4n) is 1.13. The van der Waals surface area contributed by atoms with Gasteiger partial charge in [-0.3, -0.25) is 0 Å². The minimum Gasteiger partial charge on any atom is -0.335 e. The number of aryl methyl sites for hydroxylation is 1. The van der Waals surface area contributed by atoms with Crippen LogP contribution in [0, 0.1) is 6.92 Å². The number of rotatable bonds is 3. The van der Waals surface area contributed by atoms with Crippen LogP contribution in [0.4, 0.5) is 10.5 Å². The molecule has 1 atom stereocenters. The minimum atomic E-state index is -0.145. The van der Waals surface area contributed by atoms with Crippen LogP contribution in [0.15, 0.2) is 24.3 Å². The van der Waals surface area contributed by atoms with E-state index in [1.807, 2.05) is 45.0 Å². The van der Waals surface area contributed by atoms with Crippen LogP contribution in [0.25, 0.3) is 0 Å². The van der Waals surface area contributed by atoms with E-state index in [-0.39, 0.29) is 12.1 Å². The number of carbonyl (C=O) groups is 1. The molecule has 0 spiro atoms. The molecule has 1 aromatic carbocycles. The molecular formula is C12H18N2O. The highest BCUT2D eigenvalue weighted by molar-refractivity contribution is 5.89. The number of benzene rings is 1. The average Bonchev–Trinajstić information content (AvgIpc) is 2.21. The van der Waals surface area contributed by atoms with Crippen LogP contribution in [-0.2, 0) is 0 Å². The first-order chi connectivity index (χ1) is 7.11. The molecule has 0 fully saturated rings. The Bertz CT molecular complexity index is 319. The Labute approximate surface area is 90.9 Å². The molecule has 15 heavy (non-hydrogen) atoms. The van der Waals surface area contributed by atoms with E-state index >= 15 is 0 Å². The van der Waals surface area contributed by atoms with Gasteiger partial charge in [-0.05, 0) is 32.4 Å². The predicted octanol–water partition coefficient (Wildman–Crippen LogP) is 2.92. The van der Waals surface area contributed by atoms with Crippen LogP contribution < -0.4 is 10.6 Å². The Morgan fingerprint density at radius 2 is 1.93 bits per heavy atom. The van der Waals surface area contributed by atoms with Gasteiger partial charge < -0.3 is 10.6 Å². The van der Waals surface area contributed by atoms with Crippen LogP contribution in [0.2, 0.25) is 0 Å². The lowest BCUT2D eigenvalue weighted by Gasteiger charge is -2.12. The van der Waals surface area contributed by atoms with Gasteiger partial charge in [0.2, 0.25) is 0 Å². The second-order valence-corrected chi connectivity index (χ2v) is 3.77. The summed E-state index contributed by atoms with van der Waals surface area (Å²) in [6, 6.07) is 7.79. The van der Waals surface area contributed by atoms with Gasteiger partial charge in [-0.25, -0.2) is 4.79 Å². The monoisotopic (exact) mass is 206 g/mol. The van der Waals surface area contributed by atoms with Crippen molar-refractivity contribution in [3.8, 4) is 0 Å². The molecular weight excluding hydrogens is 188 g/mol. The lowest BCUT2D eigenvalue weighted by atomic mass is 10.2. The molecule has 2 amide bonds. The van der Waals surface area contributed by atoms with Gasteiger partial charge in [0, 0.05) is 11.7 Å². The molecule has 3 heteroatoms. The van der Waals surface area contributed by atoms with Crippen molar-refractivity contribution in [1.29, 1.82) is 0 Å². The average molecular weight is 206 g/mol. The first-order valence-corrected chi connectivity index (χ1v) is 5.26. The zero-order valence-electron chi connectivity index (χ0n) is 9.50. The zero-order valence-corrected chi connectivity index (χ0v) is 9.50. The van der Waals surface area contributed by atoms with Gasteiger partial charge in [0.15, 0.2) is 0 Å². The molecule has 0 aliphatic heterocycles. The summed E-state index contributed by atoms with van der Waals surface area (Å²) in [6.45, 7) is 6.04. The Balaban J connectivity index is 2.48. The number of anilines is 1. The number of hydrogen-bond acceptors (Lipinski definition) is 1. The van der Waals surface area contributed by atoms with Crippen molar-refractivity contribution in [2.45, 2.75) is 33.2 Å². The predicted molar refractivity (Wildman–Crippen MR) is 63.1 cm³/mol. The van der Waals surface area contributed by atoms with Crippen molar-refractivity contribution >= 4 is 11.7 Å². The maximum atomic E-state index is 11.4. The molecule has 1 rings (SSSR count). The van der Waals surface area contributed by atoms with Crippen molar-refractivity contribution < 1.29 is 4.79 Å². The van der Waals surface area contributed by atoms with Crippen molar-refractivity contribution in [1.82, 2.24) is 5.32 Å². The quantitative estimate of drug-likeness (QED) is 0.784. The summed E-state index contributed by atoms with van der Waals surface area (Å²) in [5, 5.41) is 5.63. The fourth-order valence-corrected chi connectivity index (χ4v) is 1.13. The van der Waals surface area contributed by atoms with Gasteiger partial charge in [0.1, 0.15) is 0 Å². The Kier molecular flexibility index (Phi) is 4.16. The van der Waals surface area contributed by atoms with Crippen LogP contribution in [-0.4, -0.2) is 12.1 Å². The third-order valence-corrected chi connectivity index (χ3v) is 2.30. The molecule has 3 nitrogen and oxygen atoms in total. The molecule has 0 unspecified atom stereocenters. The fraction of sp³-hybridized carbons (Fsp3) is 0.417. The number of carbonyl (C=O) groups excluding carboxylic acids is 1. The summed E-state index contributed by atoms with van der Waals surface area (Å²) in [5.41, 5.74) is 2.00. The van der Waals surface area contributed by atoms with Crippen molar-refractivity contribution in [3.05, 3.63) is 29.8 Å². The molecule has 0 heterocycles. The van der Waals surface area contributed by atoms with E-state index in [0.29, 0.717) is 0 Å². The van der Waals surface area contributed by atoms with E-state index in [0.717, 1.165) is 12.1 Å². The van der Waals surface area contributed by atoms with Crippen LogP contribution in [0.1, 0.15) is 25.8 Å². The molecule has 0 aliphatic carbocycles. The van der Waals surface area contributed by atoms with Crippen molar-refractivity contribution in [2.75, 3.05) is 5.32 Å². The normalized spacial score (nSPS) is 11.9. The number of amides is 2. The topological polar surface area (TPSA) is 41.1 Å². The third-order valence-electron chi connectivity index (χ3n) is 2.30. The molecule has 2 N–H and O–H groups in total. The van der Waals surface area contributed by atoms with Crippen LogP contribution in [0.3, 0.4) is 0 Å². The lowest BCUT2D eigenvalue weighted by molar-refractivity contribution is 0.249. The molecule has 0 saturated carbocycles. The highest BCUT2D eigenvalue weighted by atomic mass is 16.2. The van der Waals surface area contributed by atoms with E-state index in [1.54, 1.807) is 0 Å².